The van der Waals surface area contributed by atoms with Crippen molar-refractivity contribution in [2.24, 2.45) is 0 Å². The van der Waals surface area contributed by atoms with Crippen LogP contribution in [0.4, 0.5) is 20.7 Å². The standard InChI is InChI=1S/C32H37ClFN9O3/c33-22-11-23-21(13-35-40-23)26(25(22)18-3-4-18)41-10-5-20-24(15-41)36-30(46-17-31-6-1-9-43(31)14-19(34)12-31)37-27(20)42-8-2-7-32(16-42)28(44)38-29(45)39-32/h11,13,18-19H,1-10,12,14-17H2,(H,35,40)(H2,38,39,44,45)/t19-,31+,32-/m1/s1. The molecule has 3 aromatic rings. The quantitative estimate of drug-likeness (QED) is 0.343. The van der Waals surface area contributed by atoms with E-state index in [0.29, 0.717) is 58.0 Å². The summed E-state index contributed by atoms with van der Waals surface area (Å²) in [4.78, 5) is 41.8. The number of fused-ring (bicyclic) bond motifs is 3. The zero-order valence-corrected chi connectivity index (χ0v) is 26.3. The molecule has 3 N–H and O–H groups in total. The third-order valence-electron chi connectivity index (χ3n) is 11.1. The molecule has 4 saturated heterocycles. The minimum absolute atomic E-state index is 0.264. The molecule has 0 radical (unpaired) electrons. The average molecular weight is 650 g/mol. The Bertz CT molecular complexity index is 1770. The number of anilines is 2. The first kappa shape index (κ1) is 28.5. The zero-order valence-electron chi connectivity index (χ0n) is 25.6. The van der Waals surface area contributed by atoms with E-state index in [2.05, 4.69) is 35.5 Å². The summed E-state index contributed by atoms with van der Waals surface area (Å²) < 4.78 is 21.0. The molecule has 1 aliphatic carbocycles. The number of imide groups is 1. The summed E-state index contributed by atoms with van der Waals surface area (Å²) in [5, 5.41) is 14.5. The fraction of sp³-hybridized carbons (Fsp3) is 0.594. The Morgan fingerprint density at radius 3 is 2.80 bits per heavy atom. The van der Waals surface area contributed by atoms with Gasteiger partial charge in [-0.15, -0.1) is 0 Å². The first-order valence-electron chi connectivity index (χ1n) is 16.5. The second-order valence-corrected chi connectivity index (χ2v) is 14.4. The Labute approximate surface area is 270 Å². The van der Waals surface area contributed by atoms with E-state index < -0.39 is 17.7 Å². The predicted octanol–water partition coefficient (Wildman–Crippen LogP) is 3.58. The van der Waals surface area contributed by atoms with Crippen molar-refractivity contribution in [3.8, 4) is 6.01 Å². The molecule has 0 unspecified atom stereocenters. The number of rotatable bonds is 6. The Morgan fingerprint density at radius 2 is 1.98 bits per heavy atom. The maximum Gasteiger partial charge on any atom is 0.322 e. The summed E-state index contributed by atoms with van der Waals surface area (Å²) >= 11 is 6.89. The molecule has 3 amide bonds. The minimum Gasteiger partial charge on any atom is -0.461 e. The van der Waals surface area contributed by atoms with Crippen molar-refractivity contribution in [3.05, 3.63) is 34.1 Å². The van der Waals surface area contributed by atoms with Crippen LogP contribution in [0.3, 0.4) is 0 Å². The van der Waals surface area contributed by atoms with Crippen molar-refractivity contribution in [1.82, 2.24) is 35.7 Å². The minimum atomic E-state index is -0.995. The van der Waals surface area contributed by atoms with Gasteiger partial charge in [0.15, 0.2) is 0 Å². The summed E-state index contributed by atoms with van der Waals surface area (Å²) in [6.07, 6.45) is 7.60. The fourth-order valence-electron chi connectivity index (χ4n) is 8.76. The number of hydrogen-bond acceptors (Lipinski definition) is 9. The topological polar surface area (TPSA) is 132 Å². The van der Waals surface area contributed by atoms with Crippen LogP contribution in [0.2, 0.25) is 5.02 Å². The zero-order chi connectivity index (χ0) is 31.2. The van der Waals surface area contributed by atoms with Crippen molar-refractivity contribution in [2.75, 3.05) is 49.1 Å². The lowest BCUT2D eigenvalue weighted by molar-refractivity contribution is -0.124. The smallest absolute Gasteiger partial charge is 0.322 e. The van der Waals surface area contributed by atoms with E-state index in [1.54, 1.807) is 0 Å². The highest BCUT2D eigenvalue weighted by molar-refractivity contribution is 6.33. The number of urea groups is 1. The van der Waals surface area contributed by atoms with Gasteiger partial charge in [-0.25, -0.2) is 9.18 Å². The van der Waals surface area contributed by atoms with E-state index in [4.69, 9.17) is 26.3 Å². The molecule has 6 aliphatic rings. The fourth-order valence-corrected chi connectivity index (χ4v) is 9.12. The summed E-state index contributed by atoms with van der Waals surface area (Å²) in [6, 6.07) is 1.78. The predicted molar refractivity (Wildman–Crippen MR) is 169 cm³/mol. The van der Waals surface area contributed by atoms with Gasteiger partial charge < -0.3 is 19.9 Å². The van der Waals surface area contributed by atoms with Gasteiger partial charge in [0.25, 0.3) is 5.91 Å². The number of hydrogen-bond donors (Lipinski definition) is 3. The third-order valence-corrected chi connectivity index (χ3v) is 11.4. The largest absolute Gasteiger partial charge is 0.461 e. The molecule has 46 heavy (non-hydrogen) atoms. The summed E-state index contributed by atoms with van der Waals surface area (Å²) in [6.45, 7) is 3.92. The molecule has 2 aromatic heterocycles. The Morgan fingerprint density at radius 1 is 1.11 bits per heavy atom. The number of carbonyl (C=O) groups excluding carboxylic acids is 2. The van der Waals surface area contributed by atoms with Gasteiger partial charge in [-0.3, -0.25) is 20.1 Å². The van der Waals surface area contributed by atoms with Crippen LogP contribution in [0.25, 0.3) is 10.9 Å². The third kappa shape index (κ3) is 4.52. The number of halogens is 2. The summed E-state index contributed by atoms with van der Waals surface area (Å²) in [5.74, 6) is 0.873. The lowest BCUT2D eigenvalue weighted by atomic mass is 9.88. The van der Waals surface area contributed by atoms with Gasteiger partial charge in [0.05, 0.1) is 41.7 Å². The molecular weight excluding hydrogens is 613 g/mol. The number of benzene rings is 1. The van der Waals surface area contributed by atoms with E-state index in [1.165, 1.54) is 5.56 Å². The van der Waals surface area contributed by atoms with Gasteiger partial charge in [-0.2, -0.15) is 15.1 Å². The van der Waals surface area contributed by atoms with E-state index in [1.807, 2.05) is 12.3 Å². The molecule has 7 heterocycles. The van der Waals surface area contributed by atoms with Gasteiger partial charge in [-0.1, -0.05) is 11.6 Å². The van der Waals surface area contributed by atoms with E-state index in [9.17, 15) is 14.0 Å². The number of aromatic amines is 1. The van der Waals surface area contributed by atoms with Crippen LogP contribution in [-0.2, 0) is 17.8 Å². The highest BCUT2D eigenvalue weighted by Gasteiger charge is 2.51. The lowest BCUT2D eigenvalue weighted by Crippen LogP contribution is -2.59. The number of nitrogens with one attached hydrogen (secondary N) is 3. The Hall–Kier alpha value is -3.71. The maximum atomic E-state index is 14.5. The van der Waals surface area contributed by atoms with Crippen molar-refractivity contribution in [1.29, 1.82) is 0 Å². The second-order valence-electron chi connectivity index (χ2n) is 14.0. The Kier molecular flexibility index (Phi) is 6.44. The number of H-pyrrole nitrogens is 1. The lowest BCUT2D eigenvalue weighted by Gasteiger charge is -2.41. The van der Waals surface area contributed by atoms with Gasteiger partial charge >= 0.3 is 12.0 Å². The van der Waals surface area contributed by atoms with Crippen LogP contribution in [0.5, 0.6) is 6.01 Å². The monoisotopic (exact) mass is 649 g/mol. The highest BCUT2D eigenvalue weighted by atomic mass is 35.5. The van der Waals surface area contributed by atoms with Crippen LogP contribution in [0, 0.1) is 0 Å². The van der Waals surface area contributed by atoms with Crippen molar-refractivity contribution in [3.63, 3.8) is 0 Å². The van der Waals surface area contributed by atoms with Crippen LogP contribution in [0.15, 0.2) is 12.3 Å². The molecule has 9 rings (SSSR count). The number of ether oxygens (including phenoxy) is 1. The number of amides is 3. The normalized spacial score (nSPS) is 29.4. The molecular formula is C32H37ClFN9O3. The Balaban J connectivity index is 1.09. The number of alkyl halides is 1. The molecule has 12 nitrogen and oxygen atoms in total. The second kappa shape index (κ2) is 10.4. The molecule has 1 spiro atoms. The van der Waals surface area contributed by atoms with E-state index >= 15 is 0 Å². The summed E-state index contributed by atoms with van der Waals surface area (Å²) in [5.41, 5.74) is 3.74. The van der Waals surface area contributed by atoms with Crippen molar-refractivity contribution >= 4 is 45.9 Å². The first-order chi connectivity index (χ1) is 22.3. The SMILES string of the molecule is O=C1NC(=O)[C@]2(CCCN(c3nc(OC[C@@]45CCCN4C[C@H](F)C5)nc4c3CCN(c3c(C5CC5)c(Cl)cc5[nH]ncc35)C4)C2)N1. The maximum absolute atomic E-state index is 14.5. The van der Waals surface area contributed by atoms with E-state index in [-0.39, 0.29) is 17.5 Å². The number of carbonyl (C=O) groups is 2. The van der Waals surface area contributed by atoms with Crippen LogP contribution in [0.1, 0.15) is 67.7 Å². The van der Waals surface area contributed by atoms with Crippen molar-refractivity contribution < 1.29 is 18.7 Å². The van der Waals surface area contributed by atoms with E-state index in [0.717, 1.165) is 83.9 Å². The number of piperidine rings is 1. The molecule has 5 aliphatic heterocycles. The first-order valence-corrected chi connectivity index (χ1v) is 16.9. The molecule has 1 aromatic carbocycles. The van der Waals surface area contributed by atoms with Crippen LogP contribution >= 0.6 is 11.6 Å². The van der Waals surface area contributed by atoms with Gasteiger partial charge in [-0.05, 0) is 69.0 Å². The van der Waals surface area contributed by atoms with Crippen LogP contribution < -0.4 is 25.2 Å². The van der Waals surface area contributed by atoms with Gasteiger partial charge in [0.1, 0.15) is 24.1 Å². The van der Waals surface area contributed by atoms with Crippen molar-refractivity contribution in [2.45, 2.75) is 81.1 Å². The van der Waals surface area contributed by atoms with Crippen LogP contribution in [-0.4, -0.2) is 93.6 Å². The molecule has 5 fully saturated rings. The number of nitrogens with zero attached hydrogens (tertiary/aromatic N) is 6. The molecule has 1 saturated carbocycles. The number of aromatic nitrogens is 4. The molecule has 0 bridgehead atoms. The molecule has 14 heteroatoms. The summed E-state index contributed by atoms with van der Waals surface area (Å²) in [7, 11) is 0. The molecule has 3 atom stereocenters. The van der Waals surface area contributed by atoms with Gasteiger partial charge in [0, 0.05) is 42.0 Å². The highest BCUT2D eigenvalue weighted by Crippen LogP contribution is 2.51. The average Bonchev–Trinajstić information content (AvgIpc) is 3.36. The molecule has 242 valence electrons. The van der Waals surface area contributed by atoms with Gasteiger partial charge in [0.2, 0.25) is 0 Å².